The lowest BCUT2D eigenvalue weighted by Gasteiger charge is -2.25. The Hall–Kier alpha value is -1.83. The zero-order valence-electron chi connectivity index (χ0n) is 11.3. The summed E-state index contributed by atoms with van der Waals surface area (Å²) in [6.45, 7) is 1.99. The van der Waals surface area contributed by atoms with Gasteiger partial charge in [-0.1, -0.05) is 15.9 Å². The summed E-state index contributed by atoms with van der Waals surface area (Å²) >= 11 is 3.21. The molecule has 8 heteroatoms. The second kappa shape index (κ2) is 6.30. The van der Waals surface area contributed by atoms with Crippen molar-refractivity contribution in [1.82, 2.24) is 4.90 Å². The van der Waals surface area contributed by atoms with Crippen molar-refractivity contribution in [1.29, 1.82) is 0 Å². The molecule has 2 rings (SSSR count). The molecule has 1 aliphatic rings. The fourth-order valence-corrected chi connectivity index (χ4v) is 2.85. The monoisotopic (exact) mass is 358 g/mol. The normalized spacial score (nSPS) is 15.7. The van der Waals surface area contributed by atoms with Gasteiger partial charge in [0, 0.05) is 30.7 Å². The molecular formula is C13H16BrFN4O2. The number of nitrogens with two attached hydrogens (primary N) is 2. The number of rotatable bonds is 2. The third-order valence-corrected chi connectivity index (χ3v) is 3.89. The number of amides is 3. The van der Waals surface area contributed by atoms with E-state index < -0.39 is 17.8 Å². The SMILES string of the molecule is NC(=O)c1c(F)cc(Br)cc1N1CCCN(C(N)=O)CC1. The first-order valence-corrected chi connectivity index (χ1v) is 7.27. The number of carbonyl (C=O) groups is 2. The Bertz CT molecular complexity index is 582. The van der Waals surface area contributed by atoms with Gasteiger partial charge in [0.2, 0.25) is 0 Å². The predicted molar refractivity (Wildman–Crippen MR) is 80.6 cm³/mol. The maximum absolute atomic E-state index is 14.0. The van der Waals surface area contributed by atoms with E-state index in [4.69, 9.17) is 11.5 Å². The van der Waals surface area contributed by atoms with E-state index >= 15 is 0 Å². The van der Waals surface area contributed by atoms with Gasteiger partial charge in [-0.05, 0) is 18.6 Å². The van der Waals surface area contributed by atoms with Gasteiger partial charge in [0.1, 0.15) is 5.82 Å². The van der Waals surface area contributed by atoms with Crippen LogP contribution in [0.25, 0.3) is 0 Å². The largest absolute Gasteiger partial charge is 0.369 e. The van der Waals surface area contributed by atoms with Crippen molar-refractivity contribution in [3.8, 4) is 0 Å². The lowest BCUT2D eigenvalue weighted by molar-refractivity contribution is 0.0997. The predicted octanol–water partition coefficient (Wildman–Crippen LogP) is 1.28. The molecule has 114 valence electrons. The number of benzene rings is 1. The van der Waals surface area contributed by atoms with E-state index in [0.717, 1.165) is 0 Å². The van der Waals surface area contributed by atoms with Crippen LogP contribution in [-0.2, 0) is 0 Å². The summed E-state index contributed by atoms with van der Waals surface area (Å²) in [4.78, 5) is 26.1. The maximum atomic E-state index is 14.0. The average molecular weight is 359 g/mol. The van der Waals surface area contributed by atoms with Gasteiger partial charge in [-0.2, -0.15) is 0 Å². The Morgan fingerprint density at radius 3 is 2.48 bits per heavy atom. The fourth-order valence-electron chi connectivity index (χ4n) is 2.43. The van der Waals surface area contributed by atoms with Crippen LogP contribution in [0.3, 0.4) is 0 Å². The van der Waals surface area contributed by atoms with Gasteiger partial charge >= 0.3 is 6.03 Å². The van der Waals surface area contributed by atoms with Crippen molar-refractivity contribution in [2.75, 3.05) is 31.1 Å². The van der Waals surface area contributed by atoms with Gasteiger partial charge < -0.3 is 21.3 Å². The standard InChI is InChI=1S/C13H16BrFN4O2/c14-8-6-9(15)11(12(16)20)10(7-8)18-2-1-3-19(5-4-18)13(17)21/h6-7H,1-5H2,(H2,16,20)(H2,17,21). The zero-order chi connectivity index (χ0) is 15.6. The summed E-state index contributed by atoms with van der Waals surface area (Å²) in [5.74, 6) is -1.48. The van der Waals surface area contributed by atoms with E-state index in [-0.39, 0.29) is 5.56 Å². The first-order chi connectivity index (χ1) is 9.90. The molecule has 0 radical (unpaired) electrons. The van der Waals surface area contributed by atoms with E-state index in [1.807, 2.05) is 4.90 Å². The Kier molecular flexibility index (Phi) is 4.66. The number of halogens is 2. The van der Waals surface area contributed by atoms with Gasteiger partial charge in [-0.25, -0.2) is 9.18 Å². The van der Waals surface area contributed by atoms with E-state index in [9.17, 15) is 14.0 Å². The number of urea groups is 1. The second-order valence-electron chi connectivity index (χ2n) is 4.81. The van der Waals surface area contributed by atoms with Crippen LogP contribution in [0.1, 0.15) is 16.8 Å². The average Bonchev–Trinajstić information content (AvgIpc) is 2.62. The van der Waals surface area contributed by atoms with Gasteiger partial charge in [0.25, 0.3) is 5.91 Å². The van der Waals surface area contributed by atoms with E-state index in [1.165, 1.54) is 11.0 Å². The van der Waals surface area contributed by atoms with Crippen LogP contribution >= 0.6 is 15.9 Å². The minimum Gasteiger partial charge on any atom is -0.369 e. The molecule has 1 saturated heterocycles. The van der Waals surface area contributed by atoms with Crippen LogP contribution in [0, 0.1) is 5.82 Å². The molecule has 0 bridgehead atoms. The first-order valence-electron chi connectivity index (χ1n) is 6.48. The number of nitrogens with zero attached hydrogens (tertiary/aromatic N) is 2. The third kappa shape index (κ3) is 3.44. The second-order valence-corrected chi connectivity index (χ2v) is 5.73. The Balaban J connectivity index is 2.33. The van der Waals surface area contributed by atoms with Crippen LogP contribution in [0.2, 0.25) is 0 Å². The molecule has 1 aromatic rings. The van der Waals surface area contributed by atoms with Crippen molar-refractivity contribution < 1.29 is 14.0 Å². The van der Waals surface area contributed by atoms with Crippen LogP contribution in [0.4, 0.5) is 14.9 Å². The summed E-state index contributed by atoms with van der Waals surface area (Å²) in [6.07, 6.45) is 0.676. The molecule has 0 aliphatic carbocycles. The smallest absolute Gasteiger partial charge is 0.314 e. The molecule has 1 aliphatic heterocycles. The van der Waals surface area contributed by atoms with Crippen LogP contribution in [0.15, 0.2) is 16.6 Å². The quantitative estimate of drug-likeness (QED) is 0.833. The van der Waals surface area contributed by atoms with Crippen molar-refractivity contribution in [3.63, 3.8) is 0 Å². The third-order valence-electron chi connectivity index (χ3n) is 3.43. The highest BCUT2D eigenvalue weighted by molar-refractivity contribution is 9.10. The summed E-state index contributed by atoms with van der Waals surface area (Å²) < 4.78 is 14.5. The van der Waals surface area contributed by atoms with E-state index in [0.29, 0.717) is 42.8 Å². The highest BCUT2D eigenvalue weighted by atomic mass is 79.9. The van der Waals surface area contributed by atoms with Crippen LogP contribution < -0.4 is 16.4 Å². The molecule has 4 N–H and O–H groups in total. The molecule has 1 fully saturated rings. The fraction of sp³-hybridized carbons (Fsp3) is 0.385. The number of hydrogen-bond acceptors (Lipinski definition) is 3. The number of primary amides is 2. The molecule has 6 nitrogen and oxygen atoms in total. The molecule has 0 spiro atoms. The number of hydrogen-bond donors (Lipinski definition) is 2. The van der Waals surface area contributed by atoms with Gasteiger partial charge in [0.15, 0.2) is 0 Å². The zero-order valence-corrected chi connectivity index (χ0v) is 12.9. The Morgan fingerprint density at radius 2 is 1.86 bits per heavy atom. The minimum atomic E-state index is -0.814. The molecule has 0 aromatic heterocycles. The molecule has 0 unspecified atom stereocenters. The van der Waals surface area contributed by atoms with Gasteiger partial charge in [-0.15, -0.1) is 0 Å². The molecule has 0 saturated carbocycles. The summed E-state index contributed by atoms with van der Waals surface area (Å²) in [6, 6.07) is 2.38. The summed E-state index contributed by atoms with van der Waals surface area (Å²) in [7, 11) is 0. The van der Waals surface area contributed by atoms with Crippen molar-refractivity contribution in [3.05, 3.63) is 28.0 Å². The van der Waals surface area contributed by atoms with Gasteiger partial charge in [0.05, 0.1) is 11.3 Å². The van der Waals surface area contributed by atoms with Crippen LogP contribution in [0.5, 0.6) is 0 Å². The minimum absolute atomic E-state index is 0.134. The molecule has 3 amide bonds. The number of carbonyl (C=O) groups excluding carboxylic acids is 2. The highest BCUT2D eigenvalue weighted by Gasteiger charge is 2.23. The highest BCUT2D eigenvalue weighted by Crippen LogP contribution is 2.28. The molecular weight excluding hydrogens is 343 g/mol. The maximum Gasteiger partial charge on any atom is 0.314 e. The van der Waals surface area contributed by atoms with Gasteiger partial charge in [-0.3, -0.25) is 4.79 Å². The van der Waals surface area contributed by atoms with E-state index in [1.54, 1.807) is 6.07 Å². The number of anilines is 1. The Labute approximate surface area is 130 Å². The lowest BCUT2D eigenvalue weighted by atomic mass is 10.1. The Morgan fingerprint density at radius 1 is 1.14 bits per heavy atom. The molecule has 0 atom stereocenters. The first kappa shape index (κ1) is 15.6. The summed E-state index contributed by atoms with van der Waals surface area (Å²) in [5.41, 5.74) is 10.9. The van der Waals surface area contributed by atoms with E-state index in [2.05, 4.69) is 15.9 Å². The molecule has 1 aromatic carbocycles. The lowest BCUT2D eigenvalue weighted by Crippen LogP contribution is -2.38. The van der Waals surface area contributed by atoms with Crippen molar-refractivity contribution in [2.45, 2.75) is 6.42 Å². The topological polar surface area (TPSA) is 92.7 Å². The van der Waals surface area contributed by atoms with Crippen molar-refractivity contribution in [2.24, 2.45) is 11.5 Å². The van der Waals surface area contributed by atoms with Crippen molar-refractivity contribution >= 4 is 33.6 Å². The van der Waals surface area contributed by atoms with Crippen LogP contribution in [-0.4, -0.2) is 43.0 Å². The summed E-state index contributed by atoms with van der Waals surface area (Å²) in [5, 5.41) is 0. The molecule has 21 heavy (non-hydrogen) atoms. The molecule has 1 heterocycles.